The fraction of sp³-hybridized carbons (Fsp3) is 0.417. The van der Waals surface area contributed by atoms with E-state index in [1.54, 1.807) is 12.1 Å². The Morgan fingerprint density at radius 1 is 1.53 bits per heavy atom. The molecule has 1 atom stereocenters. The molecule has 1 heterocycles. The predicted octanol–water partition coefficient (Wildman–Crippen LogP) is 2.45. The summed E-state index contributed by atoms with van der Waals surface area (Å²) in [5.74, 6) is -0.410. The van der Waals surface area contributed by atoms with Gasteiger partial charge in [-0.2, -0.15) is 0 Å². The van der Waals surface area contributed by atoms with Crippen LogP contribution in [0.2, 0.25) is 0 Å². The molecule has 1 amide bonds. The van der Waals surface area contributed by atoms with Crippen LogP contribution in [0.3, 0.4) is 0 Å². The highest BCUT2D eigenvalue weighted by Crippen LogP contribution is 2.19. The van der Waals surface area contributed by atoms with Crippen LogP contribution in [0.15, 0.2) is 24.3 Å². The minimum atomic E-state index is -0.354. The van der Waals surface area contributed by atoms with Crippen molar-refractivity contribution in [1.29, 1.82) is 0 Å². The van der Waals surface area contributed by atoms with Crippen LogP contribution in [-0.2, 0) is 0 Å². The van der Waals surface area contributed by atoms with E-state index in [0.717, 1.165) is 19.4 Å². The van der Waals surface area contributed by atoms with Gasteiger partial charge in [0.1, 0.15) is 5.82 Å². The molecule has 2 nitrogen and oxygen atoms in total. The van der Waals surface area contributed by atoms with E-state index in [-0.39, 0.29) is 17.8 Å². The highest BCUT2D eigenvalue weighted by molar-refractivity contribution is 5.94. The van der Waals surface area contributed by atoms with E-state index in [1.165, 1.54) is 12.1 Å². The lowest BCUT2D eigenvalue weighted by atomic mass is 10.2. The van der Waals surface area contributed by atoms with Crippen molar-refractivity contribution in [2.45, 2.75) is 25.8 Å². The maximum absolute atomic E-state index is 12.9. The number of nitrogens with zero attached hydrogens (tertiary/aromatic N) is 1. The monoisotopic (exact) mass is 207 g/mol. The average molecular weight is 207 g/mol. The Labute approximate surface area is 88.7 Å². The zero-order valence-electron chi connectivity index (χ0n) is 8.74. The molecule has 2 rings (SSSR count). The molecular weight excluding hydrogens is 193 g/mol. The molecule has 0 aromatic heterocycles. The summed E-state index contributed by atoms with van der Waals surface area (Å²) in [6.45, 7) is 2.82. The van der Waals surface area contributed by atoms with Gasteiger partial charge in [-0.15, -0.1) is 0 Å². The third-order valence-corrected chi connectivity index (χ3v) is 2.89. The zero-order chi connectivity index (χ0) is 10.8. The summed E-state index contributed by atoms with van der Waals surface area (Å²) in [7, 11) is 0. The minimum Gasteiger partial charge on any atom is -0.336 e. The standard InChI is InChI=1S/C12H14FNO/c1-9-4-3-7-14(9)12(15)10-5-2-6-11(13)8-10/h2,5-6,8-9H,3-4,7H2,1H3/t9-/m1/s1. The van der Waals surface area contributed by atoms with Crippen LogP contribution in [0, 0.1) is 5.82 Å². The van der Waals surface area contributed by atoms with Gasteiger partial charge < -0.3 is 4.90 Å². The second-order valence-electron chi connectivity index (χ2n) is 4.00. The summed E-state index contributed by atoms with van der Waals surface area (Å²) in [4.78, 5) is 13.8. The first-order valence-corrected chi connectivity index (χ1v) is 5.25. The van der Waals surface area contributed by atoms with Gasteiger partial charge in [-0.3, -0.25) is 4.79 Å². The highest BCUT2D eigenvalue weighted by Gasteiger charge is 2.25. The van der Waals surface area contributed by atoms with E-state index in [4.69, 9.17) is 0 Å². The number of carbonyl (C=O) groups is 1. The number of halogens is 1. The lowest BCUT2D eigenvalue weighted by Gasteiger charge is -2.21. The molecule has 0 radical (unpaired) electrons. The number of amides is 1. The molecule has 0 unspecified atom stereocenters. The quantitative estimate of drug-likeness (QED) is 0.692. The van der Waals surface area contributed by atoms with E-state index >= 15 is 0 Å². The topological polar surface area (TPSA) is 20.3 Å². The van der Waals surface area contributed by atoms with Gasteiger partial charge in [0.25, 0.3) is 5.91 Å². The third-order valence-electron chi connectivity index (χ3n) is 2.89. The van der Waals surface area contributed by atoms with Crippen molar-refractivity contribution in [3.05, 3.63) is 35.6 Å². The second-order valence-corrected chi connectivity index (χ2v) is 4.00. The van der Waals surface area contributed by atoms with E-state index in [9.17, 15) is 9.18 Å². The van der Waals surface area contributed by atoms with Crippen LogP contribution >= 0.6 is 0 Å². The average Bonchev–Trinajstić information content (AvgIpc) is 2.63. The Balaban J connectivity index is 2.20. The molecular formula is C12H14FNO. The zero-order valence-corrected chi connectivity index (χ0v) is 8.74. The predicted molar refractivity (Wildman–Crippen MR) is 56.1 cm³/mol. The molecule has 1 aromatic carbocycles. The van der Waals surface area contributed by atoms with E-state index in [0.29, 0.717) is 5.56 Å². The molecule has 1 saturated heterocycles. The summed E-state index contributed by atoms with van der Waals surface area (Å²) in [6.07, 6.45) is 2.09. The summed E-state index contributed by atoms with van der Waals surface area (Å²) < 4.78 is 12.9. The maximum Gasteiger partial charge on any atom is 0.254 e. The van der Waals surface area contributed by atoms with Gasteiger partial charge in [0, 0.05) is 18.2 Å². The van der Waals surface area contributed by atoms with E-state index < -0.39 is 0 Å². The number of likely N-dealkylation sites (tertiary alicyclic amines) is 1. The number of carbonyl (C=O) groups excluding carboxylic acids is 1. The van der Waals surface area contributed by atoms with Crippen LogP contribution in [-0.4, -0.2) is 23.4 Å². The van der Waals surface area contributed by atoms with Crippen molar-refractivity contribution in [2.24, 2.45) is 0 Å². The van der Waals surface area contributed by atoms with E-state index in [2.05, 4.69) is 0 Å². The molecule has 0 saturated carbocycles. The van der Waals surface area contributed by atoms with Gasteiger partial charge in [0.05, 0.1) is 0 Å². The fourth-order valence-electron chi connectivity index (χ4n) is 2.02. The smallest absolute Gasteiger partial charge is 0.254 e. The molecule has 0 N–H and O–H groups in total. The van der Waals surface area contributed by atoms with Gasteiger partial charge in [0.2, 0.25) is 0 Å². The normalized spacial score (nSPS) is 20.7. The number of rotatable bonds is 1. The van der Waals surface area contributed by atoms with Gasteiger partial charge in [-0.25, -0.2) is 4.39 Å². The van der Waals surface area contributed by atoms with Crippen molar-refractivity contribution in [3.8, 4) is 0 Å². The summed E-state index contributed by atoms with van der Waals surface area (Å²) in [5.41, 5.74) is 0.448. The third kappa shape index (κ3) is 2.01. The Kier molecular flexibility index (Phi) is 2.71. The van der Waals surface area contributed by atoms with Crippen molar-refractivity contribution in [3.63, 3.8) is 0 Å². The van der Waals surface area contributed by atoms with Crippen molar-refractivity contribution in [2.75, 3.05) is 6.54 Å². The minimum absolute atomic E-state index is 0.0560. The largest absolute Gasteiger partial charge is 0.336 e. The lowest BCUT2D eigenvalue weighted by molar-refractivity contribution is 0.0747. The summed E-state index contributed by atoms with van der Waals surface area (Å²) >= 11 is 0. The lowest BCUT2D eigenvalue weighted by Crippen LogP contribution is -2.33. The SMILES string of the molecule is C[C@@H]1CCCN1C(=O)c1cccc(F)c1. The Hall–Kier alpha value is -1.38. The Bertz CT molecular complexity index is 378. The van der Waals surface area contributed by atoms with Crippen LogP contribution < -0.4 is 0 Å². The molecule has 80 valence electrons. The molecule has 1 fully saturated rings. The Morgan fingerprint density at radius 3 is 2.93 bits per heavy atom. The fourth-order valence-corrected chi connectivity index (χ4v) is 2.02. The van der Waals surface area contributed by atoms with Crippen LogP contribution in [0.1, 0.15) is 30.1 Å². The molecule has 15 heavy (non-hydrogen) atoms. The first kappa shape index (κ1) is 10.1. The number of hydrogen-bond donors (Lipinski definition) is 0. The van der Waals surface area contributed by atoms with Crippen molar-refractivity contribution >= 4 is 5.91 Å². The molecule has 1 aliphatic rings. The maximum atomic E-state index is 12.9. The number of benzene rings is 1. The molecule has 3 heteroatoms. The van der Waals surface area contributed by atoms with E-state index in [1.807, 2.05) is 11.8 Å². The molecule has 0 spiro atoms. The molecule has 0 bridgehead atoms. The molecule has 1 aliphatic heterocycles. The van der Waals surface area contributed by atoms with Crippen LogP contribution in [0.5, 0.6) is 0 Å². The first-order valence-electron chi connectivity index (χ1n) is 5.25. The second kappa shape index (κ2) is 4.01. The first-order chi connectivity index (χ1) is 7.18. The van der Waals surface area contributed by atoms with Gasteiger partial charge in [-0.1, -0.05) is 6.07 Å². The van der Waals surface area contributed by atoms with Gasteiger partial charge in [-0.05, 0) is 38.0 Å². The number of hydrogen-bond acceptors (Lipinski definition) is 1. The highest BCUT2D eigenvalue weighted by atomic mass is 19.1. The van der Waals surface area contributed by atoms with Crippen molar-refractivity contribution in [1.82, 2.24) is 4.90 Å². The molecule has 1 aromatic rings. The summed E-state index contributed by atoms with van der Waals surface area (Å²) in [5, 5.41) is 0. The van der Waals surface area contributed by atoms with Gasteiger partial charge in [0.15, 0.2) is 0 Å². The van der Waals surface area contributed by atoms with Crippen LogP contribution in [0.25, 0.3) is 0 Å². The summed E-state index contributed by atoms with van der Waals surface area (Å²) in [6, 6.07) is 6.16. The van der Waals surface area contributed by atoms with Gasteiger partial charge >= 0.3 is 0 Å². The Morgan fingerprint density at radius 2 is 2.33 bits per heavy atom. The van der Waals surface area contributed by atoms with Crippen LogP contribution in [0.4, 0.5) is 4.39 Å². The molecule has 0 aliphatic carbocycles. The van der Waals surface area contributed by atoms with Crippen molar-refractivity contribution < 1.29 is 9.18 Å².